The highest BCUT2D eigenvalue weighted by Gasteiger charge is 1.74. The molecule has 0 aliphatic carbocycles. The van der Waals surface area contributed by atoms with Crippen LogP contribution in [0.25, 0.3) is 0 Å². The summed E-state index contributed by atoms with van der Waals surface area (Å²) in [7, 11) is -3.13. The third kappa shape index (κ3) is 12.3. The molecule has 0 aliphatic heterocycles. The van der Waals surface area contributed by atoms with Gasteiger partial charge in [-0.25, -0.2) is 0 Å². The van der Waals surface area contributed by atoms with E-state index in [0.29, 0.717) is 0 Å². The lowest BCUT2D eigenvalue weighted by Crippen LogP contribution is -1.55. The maximum Gasteiger partial charge on any atom is 0.314 e. The molecule has 0 spiro atoms. The minimum Gasteiger partial charge on any atom is -0.326 e. The van der Waals surface area contributed by atoms with E-state index in [1.165, 1.54) is 0 Å². The molecule has 0 aliphatic rings. The predicted octanol–water partition coefficient (Wildman–Crippen LogP) is 2.34. The molecule has 0 saturated heterocycles. The topological polar surface area (TPSA) is 57.5 Å². The van der Waals surface area contributed by atoms with E-state index < -0.39 is 8.25 Å². The molecule has 0 amide bonds. The van der Waals surface area contributed by atoms with Crippen molar-refractivity contribution in [2.24, 2.45) is 0 Å². The Morgan fingerprint density at radius 3 is 1.67 bits per heavy atom. The van der Waals surface area contributed by atoms with E-state index >= 15 is 0 Å². The Bertz CT molecular complexity index is 211. The van der Waals surface area contributed by atoms with Gasteiger partial charge in [-0.15, -0.1) is 0 Å². The molecule has 0 fully saturated rings. The number of hydrogen-bond donors (Lipinski definition) is 2. The van der Waals surface area contributed by atoms with Crippen LogP contribution in [0.5, 0.6) is 0 Å². The van der Waals surface area contributed by atoms with Crippen molar-refractivity contribution in [3.63, 3.8) is 0 Å². The molecule has 0 bridgehead atoms. The highest BCUT2D eigenvalue weighted by molar-refractivity contribution is 7.30. The summed E-state index contributed by atoms with van der Waals surface area (Å²) in [5, 5.41) is 0.794. The molecule has 0 saturated carbocycles. The van der Waals surface area contributed by atoms with Gasteiger partial charge >= 0.3 is 8.25 Å². The Balaban J connectivity index is 0. The van der Waals surface area contributed by atoms with Gasteiger partial charge in [0, 0.05) is 5.02 Å². The van der Waals surface area contributed by atoms with Crippen LogP contribution in [0.3, 0.4) is 0 Å². The number of rotatable bonds is 0. The van der Waals surface area contributed by atoms with E-state index in [2.05, 4.69) is 0 Å². The van der Waals surface area contributed by atoms with Gasteiger partial charge in [0.1, 0.15) is 0 Å². The zero-order valence-corrected chi connectivity index (χ0v) is 7.32. The van der Waals surface area contributed by atoms with Crippen molar-refractivity contribution in [3.05, 3.63) is 35.4 Å². The van der Waals surface area contributed by atoms with Gasteiger partial charge in [-0.1, -0.05) is 37.2 Å². The lowest BCUT2D eigenvalue weighted by atomic mass is 10.4. The van der Waals surface area contributed by atoms with Gasteiger partial charge in [0.2, 0.25) is 0 Å². The number of halogens is 1. The van der Waals surface area contributed by atoms with Crippen molar-refractivity contribution in [1.29, 1.82) is 0 Å². The van der Waals surface area contributed by atoms with Crippen LogP contribution < -0.4 is 0 Å². The third-order valence-corrected chi connectivity index (χ3v) is 0.985. The highest BCUT2D eigenvalue weighted by Crippen LogP contribution is 2.03. The van der Waals surface area contributed by atoms with Crippen LogP contribution in [0.4, 0.5) is 0 Å². The molecule has 3 nitrogen and oxygen atoms in total. The normalized spacial score (nSPS) is 8.00. The zero-order valence-electron chi connectivity index (χ0n) is 5.57. The average molecular weight is 211 g/mol. The largest absolute Gasteiger partial charge is 0.326 e. The fourth-order valence-electron chi connectivity index (χ4n) is 0.415. The van der Waals surface area contributed by atoms with E-state index in [1.54, 1.807) is 0 Å². The second-order valence-corrected chi connectivity index (χ2v) is 2.58. The van der Waals surface area contributed by atoms with E-state index in [1.807, 2.05) is 30.3 Å². The van der Waals surface area contributed by atoms with Crippen LogP contribution in [-0.4, -0.2) is 9.79 Å². The van der Waals surface area contributed by atoms with Crippen molar-refractivity contribution < 1.29 is 14.4 Å². The Labute approximate surface area is 77.6 Å². The first-order valence-electron chi connectivity index (χ1n) is 2.75. The van der Waals surface area contributed by atoms with E-state index in [4.69, 9.17) is 26.0 Å². The summed E-state index contributed by atoms with van der Waals surface area (Å²) < 4.78 is 8.74. The Morgan fingerprint density at radius 2 is 1.50 bits per heavy atom. The van der Waals surface area contributed by atoms with Crippen molar-refractivity contribution in [2.75, 3.05) is 0 Å². The van der Waals surface area contributed by atoms with Crippen LogP contribution in [0.2, 0.25) is 5.02 Å². The maximum absolute atomic E-state index is 8.74. The molecule has 2 N–H and O–H groups in total. The van der Waals surface area contributed by atoms with Crippen molar-refractivity contribution in [3.8, 4) is 0 Å². The molecule has 0 heterocycles. The molecule has 1 aromatic carbocycles. The molecule has 12 heavy (non-hydrogen) atoms. The van der Waals surface area contributed by atoms with Gasteiger partial charge in [-0.2, -0.15) is 0 Å². The van der Waals surface area contributed by atoms with Gasteiger partial charge in [0.05, 0.1) is 0 Å². The second kappa shape index (κ2) is 8.75. The fourth-order valence-corrected chi connectivity index (χ4v) is 0.560. The monoisotopic (exact) mass is 210 g/mol. The Hall–Kier alpha value is -0.340. The summed E-state index contributed by atoms with van der Waals surface area (Å²) in [5.41, 5.74) is 0. The van der Waals surface area contributed by atoms with E-state index in [0.717, 1.165) is 5.02 Å². The minimum absolute atomic E-state index is 0. The predicted molar refractivity (Wildman–Crippen MR) is 51.6 cm³/mol. The summed E-state index contributed by atoms with van der Waals surface area (Å²) in [5.74, 6) is 0. The summed E-state index contributed by atoms with van der Waals surface area (Å²) in [6, 6.07) is 9.44. The highest BCUT2D eigenvalue weighted by atomic mass is 35.5. The summed E-state index contributed by atoms with van der Waals surface area (Å²) in [6.45, 7) is 0. The van der Waals surface area contributed by atoms with E-state index in [-0.39, 0.29) is 7.43 Å². The average Bonchev–Trinajstić information content (AvgIpc) is 1.87. The Kier molecular flexibility index (Phi) is 10.4. The van der Waals surface area contributed by atoms with Gasteiger partial charge in [-0.05, 0) is 12.1 Å². The van der Waals surface area contributed by atoms with Crippen LogP contribution >= 0.6 is 19.9 Å². The van der Waals surface area contributed by atoms with Gasteiger partial charge in [0.15, 0.2) is 0 Å². The first kappa shape index (κ1) is 14.2. The SMILES string of the molecule is C.Clc1ccccc1.O=[PH](O)O. The van der Waals surface area contributed by atoms with Crippen molar-refractivity contribution >= 4 is 19.9 Å². The maximum atomic E-state index is 8.74. The van der Waals surface area contributed by atoms with Gasteiger partial charge in [0.25, 0.3) is 0 Å². The summed E-state index contributed by atoms with van der Waals surface area (Å²) in [6.07, 6.45) is 0. The summed E-state index contributed by atoms with van der Waals surface area (Å²) in [4.78, 5) is 14.3. The third-order valence-electron chi connectivity index (χ3n) is 0.733. The first-order chi connectivity index (χ1) is 5.13. The second-order valence-electron chi connectivity index (χ2n) is 1.58. The Morgan fingerprint density at radius 1 is 1.17 bits per heavy atom. The quantitative estimate of drug-likeness (QED) is 0.647. The van der Waals surface area contributed by atoms with Crippen LogP contribution in [0.15, 0.2) is 30.3 Å². The van der Waals surface area contributed by atoms with Crippen LogP contribution in [0, 0.1) is 0 Å². The lowest BCUT2D eigenvalue weighted by Gasteiger charge is -1.80. The number of hydrogen-bond acceptors (Lipinski definition) is 1. The van der Waals surface area contributed by atoms with Crippen LogP contribution in [-0.2, 0) is 4.57 Å². The molecular weight excluding hydrogens is 199 g/mol. The molecule has 5 heteroatoms. The smallest absolute Gasteiger partial charge is 0.314 e. The number of benzene rings is 1. The van der Waals surface area contributed by atoms with Crippen LogP contribution in [0.1, 0.15) is 7.43 Å². The molecular formula is C7H12ClO3P. The van der Waals surface area contributed by atoms with Gasteiger partial charge < -0.3 is 9.79 Å². The fraction of sp³-hybridized carbons (Fsp3) is 0.143. The van der Waals surface area contributed by atoms with E-state index in [9.17, 15) is 0 Å². The molecule has 70 valence electrons. The van der Waals surface area contributed by atoms with Crippen molar-refractivity contribution in [1.82, 2.24) is 0 Å². The molecule has 1 aromatic rings. The molecule has 0 unspecified atom stereocenters. The molecule has 0 radical (unpaired) electrons. The lowest BCUT2D eigenvalue weighted by molar-refractivity contribution is 0.405. The minimum atomic E-state index is -3.13. The van der Waals surface area contributed by atoms with Gasteiger partial charge in [-0.3, -0.25) is 4.57 Å². The summed E-state index contributed by atoms with van der Waals surface area (Å²) >= 11 is 5.54. The van der Waals surface area contributed by atoms with Crippen molar-refractivity contribution in [2.45, 2.75) is 7.43 Å². The molecule has 1 rings (SSSR count). The zero-order chi connectivity index (χ0) is 8.69. The first-order valence-corrected chi connectivity index (χ1v) is 4.43. The molecule has 0 aromatic heterocycles. The standard InChI is InChI=1S/C6H5Cl.CH4.H3O3P/c7-6-4-2-1-3-5-6;;1-4(2)3/h1-5H;1H4;4H,(H2,1,2,3). The molecule has 0 atom stereocenters.